The van der Waals surface area contributed by atoms with Gasteiger partial charge in [-0.1, -0.05) is 12.1 Å². The van der Waals surface area contributed by atoms with Crippen molar-refractivity contribution in [3.63, 3.8) is 0 Å². The number of oxime groups is 1. The SMILES string of the molecule is CCCNC(=O)C1=NOC2(CCCN(Cc3nccs3)C2)C1. The van der Waals surface area contributed by atoms with Crippen molar-refractivity contribution in [2.75, 3.05) is 19.6 Å². The van der Waals surface area contributed by atoms with E-state index < -0.39 is 0 Å². The van der Waals surface area contributed by atoms with Crippen LogP contribution in [-0.2, 0) is 16.2 Å². The standard InChI is InChI=1S/C15H22N4O2S/c1-2-5-17-14(20)12-9-15(21-18-12)4-3-7-19(11-15)10-13-16-6-8-22-13/h6,8H,2-5,7,9-11H2,1H3,(H,17,20). The molecule has 1 amide bonds. The number of piperidine rings is 1. The van der Waals surface area contributed by atoms with Crippen LogP contribution in [0.5, 0.6) is 0 Å². The second-order valence-corrected chi connectivity index (χ2v) is 6.96. The maximum atomic E-state index is 12.0. The topological polar surface area (TPSA) is 66.8 Å². The van der Waals surface area contributed by atoms with Crippen molar-refractivity contribution in [3.8, 4) is 0 Å². The maximum absolute atomic E-state index is 12.0. The van der Waals surface area contributed by atoms with Gasteiger partial charge in [-0.25, -0.2) is 4.98 Å². The van der Waals surface area contributed by atoms with Crippen LogP contribution in [0.25, 0.3) is 0 Å². The number of thiazole rings is 1. The molecule has 3 heterocycles. The zero-order chi connectivity index (χ0) is 15.4. The lowest BCUT2D eigenvalue weighted by Gasteiger charge is -2.37. The smallest absolute Gasteiger partial charge is 0.269 e. The Bertz CT molecular complexity index is 546. The van der Waals surface area contributed by atoms with E-state index >= 15 is 0 Å². The highest BCUT2D eigenvalue weighted by molar-refractivity contribution is 7.09. The Morgan fingerprint density at radius 1 is 1.59 bits per heavy atom. The summed E-state index contributed by atoms with van der Waals surface area (Å²) in [5, 5.41) is 10.1. The van der Waals surface area contributed by atoms with Gasteiger partial charge < -0.3 is 10.2 Å². The molecule has 0 saturated carbocycles. The number of carbonyl (C=O) groups is 1. The van der Waals surface area contributed by atoms with E-state index in [9.17, 15) is 4.79 Å². The summed E-state index contributed by atoms with van der Waals surface area (Å²) in [6.45, 7) is 5.41. The molecule has 1 saturated heterocycles. The molecule has 1 aromatic heterocycles. The molecule has 3 rings (SSSR count). The normalized spacial score (nSPS) is 25.0. The summed E-state index contributed by atoms with van der Waals surface area (Å²) in [4.78, 5) is 24.4. The summed E-state index contributed by atoms with van der Waals surface area (Å²) in [7, 11) is 0. The van der Waals surface area contributed by atoms with Gasteiger partial charge >= 0.3 is 0 Å². The quantitative estimate of drug-likeness (QED) is 0.897. The van der Waals surface area contributed by atoms with E-state index in [0.29, 0.717) is 18.7 Å². The Morgan fingerprint density at radius 3 is 3.27 bits per heavy atom. The van der Waals surface area contributed by atoms with Crippen LogP contribution >= 0.6 is 11.3 Å². The van der Waals surface area contributed by atoms with Crippen LogP contribution in [0.4, 0.5) is 0 Å². The van der Waals surface area contributed by atoms with Gasteiger partial charge in [-0.2, -0.15) is 0 Å². The van der Waals surface area contributed by atoms with E-state index in [0.717, 1.165) is 43.9 Å². The first-order chi connectivity index (χ1) is 10.7. The molecule has 1 N–H and O–H groups in total. The number of aromatic nitrogens is 1. The number of rotatable bonds is 5. The lowest BCUT2D eigenvalue weighted by molar-refractivity contribution is -0.114. The highest BCUT2D eigenvalue weighted by Crippen LogP contribution is 2.34. The third kappa shape index (κ3) is 3.47. The van der Waals surface area contributed by atoms with Crippen LogP contribution < -0.4 is 5.32 Å². The Balaban J connectivity index is 1.57. The average Bonchev–Trinajstić information content (AvgIpc) is 3.15. The minimum Gasteiger partial charge on any atom is -0.387 e. The Hall–Kier alpha value is -1.47. The first kappa shape index (κ1) is 15.4. The highest BCUT2D eigenvalue weighted by atomic mass is 32.1. The van der Waals surface area contributed by atoms with E-state index in [1.807, 2.05) is 18.5 Å². The third-order valence-electron chi connectivity index (χ3n) is 4.10. The lowest BCUT2D eigenvalue weighted by Crippen LogP contribution is -2.48. The first-order valence-corrected chi connectivity index (χ1v) is 8.73. The molecule has 120 valence electrons. The van der Waals surface area contributed by atoms with Gasteiger partial charge in [0.2, 0.25) is 0 Å². The molecule has 1 spiro atoms. The fourth-order valence-electron chi connectivity index (χ4n) is 3.05. The van der Waals surface area contributed by atoms with Crippen LogP contribution in [0.2, 0.25) is 0 Å². The monoisotopic (exact) mass is 322 g/mol. The van der Waals surface area contributed by atoms with Gasteiger partial charge in [-0.3, -0.25) is 9.69 Å². The van der Waals surface area contributed by atoms with E-state index in [2.05, 4.69) is 20.4 Å². The summed E-state index contributed by atoms with van der Waals surface area (Å²) < 4.78 is 0. The maximum Gasteiger partial charge on any atom is 0.269 e. The number of nitrogens with zero attached hydrogens (tertiary/aromatic N) is 3. The molecular formula is C15H22N4O2S. The second kappa shape index (κ2) is 6.75. The fraction of sp³-hybridized carbons (Fsp3) is 0.667. The van der Waals surface area contributed by atoms with Crippen LogP contribution in [-0.4, -0.2) is 46.7 Å². The van der Waals surface area contributed by atoms with Crippen molar-refractivity contribution < 1.29 is 9.63 Å². The van der Waals surface area contributed by atoms with Gasteiger partial charge in [0.05, 0.1) is 6.54 Å². The summed E-state index contributed by atoms with van der Waals surface area (Å²) >= 11 is 1.68. The molecule has 1 unspecified atom stereocenters. The second-order valence-electron chi connectivity index (χ2n) is 5.99. The van der Waals surface area contributed by atoms with Crippen LogP contribution in [0.1, 0.15) is 37.6 Å². The number of hydrogen-bond acceptors (Lipinski definition) is 6. The van der Waals surface area contributed by atoms with Crippen molar-refractivity contribution in [2.24, 2.45) is 5.16 Å². The number of likely N-dealkylation sites (tertiary alicyclic amines) is 1. The molecule has 1 fully saturated rings. The van der Waals surface area contributed by atoms with Gasteiger partial charge in [0.1, 0.15) is 10.7 Å². The number of nitrogens with one attached hydrogen (secondary N) is 1. The van der Waals surface area contributed by atoms with Crippen molar-refractivity contribution in [3.05, 3.63) is 16.6 Å². The largest absolute Gasteiger partial charge is 0.387 e. The molecule has 22 heavy (non-hydrogen) atoms. The Labute approximate surface area is 134 Å². The van der Waals surface area contributed by atoms with Crippen LogP contribution in [0.3, 0.4) is 0 Å². The van der Waals surface area contributed by atoms with E-state index in [4.69, 9.17) is 4.84 Å². The molecule has 0 radical (unpaired) electrons. The van der Waals surface area contributed by atoms with Gasteiger partial charge in [-0.05, 0) is 25.8 Å². The van der Waals surface area contributed by atoms with Crippen molar-refractivity contribution in [1.82, 2.24) is 15.2 Å². The molecular weight excluding hydrogens is 300 g/mol. The fourth-order valence-corrected chi connectivity index (χ4v) is 3.71. The van der Waals surface area contributed by atoms with E-state index in [-0.39, 0.29) is 11.5 Å². The molecule has 6 nitrogen and oxygen atoms in total. The van der Waals surface area contributed by atoms with Crippen molar-refractivity contribution in [1.29, 1.82) is 0 Å². The molecule has 0 bridgehead atoms. The highest BCUT2D eigenvalue weighted by Gasteiger charge is 2.44. The van der Waals surface area contributed by atoms with E-state index in [1.165, 1.54) is 0 Å². The Morgan fingerprint density at radius 2 is 2.50 bits per heavy atom. The summed E-state index contributed by atoms with van der Waals surface area (Å²) in [5.41, 5.74) is 0.207. The average molecular weight is 322 g/mol. The zero-order valence-electron chi connectivity index (χ0n) is 12.9. The minimum atomic E-state index is -0.325. The van der Waals surface area contributed by atoms with Gasteiger partial charge in [-0.15, -0.1) is 11.3 Å². The van der Waals surface area contributed by atoms with Crippen LogP contribution in [0.15, 0.2) is 16.7 Å². The summed E-state index contributed by atoms with van der Waals surface area (Å²) in [6.07, 6.45) is 5.38. The first-order valence-electron chi connectivity index (χ1n) is 7.85. The number of carbonyl (C=O) groups excluding carboxylic acids is 1. The van der Waals surface area contributed by atoms with Gasteiger partial charge in [0, 0.05) is 31.1 Å². The predicted molar refractivity (Wildman–Crippen MR) is 85.8 cm³/mol. The molecule has 2 aliphatic rings. The number of amides is 1. The lowest BCUT2D eigenvalue weighted by atomic mass is 9.88. The summed E-state index contributed by atoms with van der Waals surface area (Å²) in [5.74, 6) is -0.0872. The molecule has 7 heteroatoms. The zero-order valence-corrected chi connectivity index (χ0v) is 13.7. The predicted octanol–water partition coefficient (Wildman–Crippen LogP) is 1.78. The van der Waals surface area contributed by atoms with Gasteiger partial charge in [0.25, 0.3) is 5.91 Å². The number of hydrogen-bond donors (Lipinski definition) is 1. The van der Waals surface area contributed by atoms with Crippen molar-refractivity contribution in [2.45, 2.75) is 44.8 Å². The molecule has 1 aromatic rings. The minimum absolute atomic E-state index is 0.0872. The van der Waals surface area contributed by atoms with Gasteiger partial charge in [0.15, 0.2) is 5.60 Å². The molecule has 0 aromatic carbocycles. The van der Waals surface area contributed by atoms with E-state index in [1.54, 1.807) is 11.3 Å². The molecule has 2 aliphatic heterocycles. The van der Waals surface area contributed by atoms with Crippen molar-refractivity contribution >= 4 is 23.0 Å². The summed E-state index contributed by atoms with van der Waals surface area (Å²) in [6, 6.07) is 0. The molecule has 1 atom stereocenters. The van der Waals surface area contributed by atoms with Crippen LogP contribution in [0, 0.1) is 0 Å². The third-order valence-corrected chi connectivity index (χ3v) is 4.86. The molecule has 0 aliphatic carbocycles. The Kier molecular flexibility index (Phi) is 4.73.